The van der Waals surface area contributed by atoms with Gasteiger partial charge in [0.15, 0.2) is 11.5 Å². The molecule has 122 valence electrons. The first-order valence-corrected chi connectivity index (χ1v) is 8.00. The van der Waals surface area contributed by atoms with E-state index in [-0.39, 0.29) is 5.82 Å². The van der Waals surface area contributed by atoms with Crippen LogP contribution < -0.4 is 14.8 Å². The van der Waals surface area contributed by atoms with Crippen molar-refractivity contribution in [2.75, 3.05) is 26.8 Å². The van der Waals surface area contributed by atoms with Crippen molar-refractivity contribution in [2.24, 2.45) is 5.92 Å². The van der Waals surface area contributed by atoms with Crippen LogP contribution in [0.5, 0.6) is 11.5 Å². The number of hydrogen-bond acceptors (Lipinski definition) is 3. The summed E-state index contributed by atoms with van der Waals surface area (Å²) >= 11 is 0. The maximum absolute atomic E-state index is 13.2. The summed E-state index contributed by atoms with van der Waals surface area (Å²) in [7, 11) is 1.64. The maximum Gasteiger partial charge on any atom is 0.161 e. The number of ether oxygens (including phenoxy) is 2. The van der Waals surface area contributed by atoms with Crippen LogP contribution in [-0.4, -0.2) is 26.8 Å². The van der Waals surface area contributed by atoms with Crippen LogP contribution in [0.4, 0.5) is 4.39 Å². The molecule has 4 heteroatoms. The Morgan fingerprint density at radius 1 is 1.09 bits per heavy atom. The van der Waals surface area contributed by atoms with E-state index in [2.05, 4.69) is 5.32 Å². The van der Waals surface area contributed by atoms with Gasteiger partial charge >= 0.3 is 0 Å². The number of nitrogens with one attached hydrogen (secondary N) is 1. The van der Waals surface area contributed by atoms with E-state index in [0.29, 0.717) is 18.4 Å². The fourth-order valence-electron chi connectivity index (χ4n) is 3.18. The monoisotopic (exact) mass is 315 g/mol. The van der Waals surface area contributed by atoms with Crippen LogP contribution in [0.1, 0.15) is 17.9 Å². The lowest BCUT2D eigenvalue weighted by Gasteiger charge is -2.32. The molecule has 1 fully saturated rings. The number of rotatable bonds is 5. The van der Waals surface area contributed by atoms with Crippen LogP contribution in [0.15, 0.2) is 48.5 Å². The molecule has 0 unspecified atom stereocenters. The summed E-state index contributed by atoms with van der Waals surface area (Å²) in [4.78, 5) is 0. The van der Waals surface area contributed by atoms with Gasteiger partial charge in [-0.05, 0) is 48.7 Å². The minimum absolute atomic E-state index is 0.190. The molecule has 1 heterocycles. The first-order valence-electron chi connectivity index (χ1n) is 8.00. The highest BCUT2D eigenvalue weighted by molar-refractivity contribution is 5.39. The molecule has 1 aliphatic heterocycles. The predicted octanol–water partition coefficient (Wildman–Crippen LogP) is 3.61. The topological polar surface area (TPSA) is 30.5 Å². The largest absolute Gasteiger partial charge is 0.493 e. The summed E-state index contributed by atoms with van der Waals surface area (Å²) in [6.45, 7) is 2.49. The number of hydrogen-bond donors (Lipinski definition) is 1. The first-order chi connectivity index (χ1) is 11.3. The minimum Gasteiger partial charge on any atom is -0.493 e. The Bertz CT molecular complexity index is 630. The van der Waals surface area contributed by atoms with E-state index < -0.39 is 0 Å². The second-order valence-corrected chi connectivity index (χ2v) is 5.87. The molecule has 0 spiro atoms. The van der Waals surface area contributed by atoms with Crippen molar-refractivity contribution < 1.29 is 13.9 Å². The molecule has 0 bridgehead atoms. The number of piperidine rings is 1. The van der Waals surface area contributed by atoms with Gasteiger partial charge in [0.05, 0.1) is 13.7 Å². The predicted molar refractivity (Wildman–Crippen MR) is 88.6 cm³/mol. The molecule has 0 aliphatic carbocycles. The normalized spacial score (nSPS) is 21.0. The molecule has 2 aromatic rings. The molecule has 1 saturated heterocycles. The van der Waals surface area contributed by atoms with Gasteiger partial charge in [-0.2, -0.15) is 0 Å². The highest BCUT2D eigenvalue weighted by Gasteiger charge is 2.27. The maximum atomic E-state index is 13.2. The minimum atomic E-state index is -0.190. The zero-order valence-electron chi connectivity index (χ0n) is 13.3. The van der Waals surface area contributed by atoms with Crippen LogP contribution in [0, 0.1) is 11.7 Å². The van der Waals surface area contributed by atoms with E-state index in [1.165, 1.54) is 17.7 Å². The van der Waals surface area contributed by atoms with E-state index in [1.807, 2.05) is 36.4 Å². The van der Waals surface area contributed by atoms with E-state index in [9.17, 15) is 4.39 Å². The van der Waals surface area contributed by atoms with E-state index in [1.54, 1.807) is 7.11 Å². The molecule has 2 aromatic carbocycles. The van der Waals surface area contributed by atoms with E-state index in [4.69, 9.17) is 9.47 Å². The summed E-state index contributed by atoms with van der Waals surface area (Å²) in [6, 6.07) is 14.5. The van der Waals surface area contributed by atoms with Crippen molar-refractivity contribution in [3.8, 4) is 11.5 Å². The summed E-state index contributed by atoms with van der Waals surface area (Å²) in [5, 5.41) is 3.43. The van der Waals surface area contributed by atoms with Crippen molar-refractivity contribution in [3.05, 3.63) is 59.9 Å². The van der Waals surface area contributed by atoms with Crippen molar-refractivity contribution >= 4 is 0 Å². The summed E-state index contributed by atoms with van der Waals surface area (Å²) in [6.07, 6.45) is 1.03. The molecule has 0 amide bonds. The molecule has 0 aromatic heterocycles. The average molecular weight is 315 g/mol. The molecular weight excluding hydrogens is 293 g/mol. The van der Waals surface area contributed by atoms with Gasteiger partial charge in [0.1, 0.15) is 5.82 Å². The van der Waals surface area contributed by atoms with Gasteiger partial charge in [-0.15, -0.1) is 0 Å². The second kappa shape index (κ2) is 7.47. The van der Waals surface area contributed by atoms with Gasteiger partial charge in [-0.1, -0.05) is 24.3 Å². The Kier molecular flexibility index (Phi) is 5.13. The first kappa shape index (κ1) is 15.8. The SMILES string of the molecule is COc1ccccc1OC[C@H]1CNCC[C@@H]1c1ccc(F)cc1. The zero-order chi connectivity index (χ0) is 16.1. The van der Waals surface area contributed by atoms with Gasteiger partial charge in [0.25, 0.3) is 0 Å². The van der Waals surface area contributed by atoms with Crippen molar-refractivity contribution in [1.29, 1.82) is 0 Å². The molecule has 0 radical (unpaired) electrons. The van der Waals surface area contributed by atoms with Gasteiger partial charge in [0, 0.05) is 12.5 Å². The molecule has 3 rings (SSSR count). The lowest BCUT2D eigenvalue weighted by Crippen LogP contribution is -2.38. The Morgan fingerprint density at radius 2 is 1.83 bits per heavy atom. The van der Waals surface area contributed by atoms with E-state index in [0.717, 1.165) is 31.0 Å². The Balaban J connectivity index is 1.70. The zero-order valence-corrected chi connectivity index (χ0v) is 13.3. The van der Waals surface area contributed by atoms with Crippen molar-refractivity contribution in [2.45, 2.75) is 12.3 Å². The molecule has 3 nitrogen and oxygen atoms in total. The highest BCUT2D eigenvalue weighted by Crippen LogP contribution is 2.32. The molecule has 1 N–H and O–H groups in total. The second-order valence-electron chi connectivity index (χ2n) is 5.87. The smallest absolute Gasteiger partial charge is 0.161 e. The summed E-state index contributed by atoms with van der Waals surface area (Å²) in [5.74, 6) is 2.04. The number of halogens is 1. The van der Waals surface area contributed by atoms with Crippen molar-refractivity contribution in [3.63, 3.8) is 0 Å². The third-order valence-corrected chi connectivity index (χ3v) is 4.43. The van der Waals surface area contributed by atoms with E-state index >= 15 is 0 Å². The van der Waals surface area contributed by atoms with Crippen LogP contribution in [0.25, 0.3) is 0 Å². The number of benzene rings is 2. The summed E-state index contributed by atoms with van der Waals surface area (Å²) in [5.41, 5.74) is 1.18. The summed E-state index contributed by atoms with van der Waals surface area (Å²) < 4.78 is 24.5. The Hall–Kier alpha value is -2.07. The van der Waals surface area contributed by atoms with Crippen LogP contribution >= 0.6 is 0 Å². The standard InChI is InChI=1S/C19H22FNO2/c1-22-18-4-2-3-5-19(18)23-13-15-12-21-11-10-17(15)14-6-8-16(20)9-7-14/h2-9,15,17,21H,10-13H2,1H3/t15-,17-/m1/s1. The fourth-order valence-corrected chi connectivity index (χ4v) is 3.18. The van der Waals surface area contributed by atoms with Crippen LogP contribution in [0.3, 0.4) is 0 Å². The van der Waals surface area contributed by atoms with Crippen LogP contribution in [0.2, 0.25) is 0 Å². The van der Waals surface area contributed by atoms with Gasteiger partial charge in [0.2, 0.25) is 0 Å². The Labute approximate surface area is 136 Å². The number of para-hydroxylation sites is 2. The van der Waals surface area contributed by atoms with Gasteiger partial charge in [-0.25, -0.2) is 4.39 Å². The van der Waals surface area contributed by atoms with Crippen LogP contribution in [-0.2, 0) is 0 Å². The quantitative estimate of drug-likeness (QED) is 0.914. The average Bonchev–Trinajstić information content (AvgIpc) is 2.61. The van der Waals surface area contributed by atoms with Gasteiger partial charge in [-0.3, -0.25) is 0 Å². The lowest BCUT2D eigenvalue weighted by atomic mass is 9.81. The molecular formula is C19H22FNO2. The number of methoxy groups -OCH3 is 1. The molecule has 0 saturated carbocycles. The molecule has 2 atom stereocenters. The highest BCUT2D eigenvalue weighted by atomic mass is 19.1. The van der Waals surface area contributed by atoms with Crippen molar-refractivity contribution in [1.82, 2.24) is 5.32 Å². The molecule has 1 aliphatic rings. The Morgan fingerprint density at radius 3 is 2.57 bits per heavy atom. The van der Waals surface area contributed by atoms with Gasteiger partial charge < -0.3 is 14.8 Å². The molecule has 23 heavy (non-hydrogen) atoms. The third-order valence-electron chi connectivity index (χ3n) is 4.43. The fraction of sp³-hybridized carbons (Fsp3) is 0.368. The third kappa shape index (κ3) is 3.82. The lowest BCUT2D eigenvalue weighted by molar-refractivity contribution is 0.191.